The van der Waals surface area contributed by atoms with Gasteiger partial charge in [0.25, 0.3) is 0 Å². The first-order valence-corrected chi connectivity index (χ1v) is 4.85. The molecule has 2 amide bonds. The number of nitrogens with one attached hydrogen (secondary N) is 2. The van der Waals surface area contributed by atoms with Crippen molar-refractivity contribution in [2.75, 3.05) is 18.4 Å². The molecule has 0 bridgehead atoms. The van der Waals surface area contributed by atoms with Crippen molar-refractivity contribution >= 4 is 17.5 Å². The van der Waals surface area contributed by atoms with Gasteiger partial charge in [0.2, 0.25) is 11.8 Å². The Hall–Kier alpha value is -2.09. The van der Waals surface area contributed by atoms with Gasteiger partial charge in [-0.2, -0.15) is 0 Å². The second-order valence-corrected chi connectivity index (χ2v) is 3.28. The lowest BCUT2D eigenvalue weighted by molar-refractivity contribution is -0.123. The highest BCUT2D eigenvalue weighted by Gasteiger charge is 2.12. The van der Waals surface area contributed by atoms with Crippen LogP contribution in [0.3, 0.4) is 0 Å². The first-order valence-electron chi connectivity index (χ1n) is 4.85. The zero-order valence-corrected chi connectivity index (χ0v) is 9.10. The third kappa shape index (κ3) is 3.74. The number of carbonyl (C=O) groups is 2. The van der Waals surface area contributed by atoms with E-state index in [0.29, 0.717) is 12.1 Å². The van der Waals surface area contributed by atoms with Crippen LogP contribution in [-0.2, 0) is 9.59 Å². The van der Waals surface area contributed by atoms with Gasteiger partial charge in [-0.25, -0.2) is 13.2 Å². The largest absolute Gasteiger partial charge is 0.346 e. The van der Waals surface area contributed by atoms with E-state index in [1.54, 1.807) is 0 Å². The molecule has 0 atom stereocenters. The standard InChI is InChI=1S/C10H10F3N3O2/c11-6-1-5(2-7(12)10(6)13)16-9(18)4-15-8(17)3-14/h1-2H,3-4,14H2,(H,15,17)(H,16,18). The molecule has 0 aliphatic heterocycles. The summed E-state index contributed by atoms with van der Waals surface area (Å²) in [6, 6.07) is 1.25. The van der Waals surface area contributed by atoms with Gasteiger partial charge in [-0.3, -0.25) is 9.59 Å². The van der Waals surface area contributed by atoms with E-state index in [1.807, 2.05) is 0 Å². The predicted molar refractivity (Wildman–Crippen MR) is 57.0 cm³/mol. The zero-order valence-electron chi connectivity index (χ0n) is 9.10. The summed E-state index contributed by atoms with van der Waals surface area (Å²) >= 11 is 0. The van der Waals surface area contributed by atoms with Crippen LogP contribution in [0.25, 0.3) is 0 Å². The van der Waals surface area contributed by atoms with Crippen molar-refractivity contribution in [2.24, 2.45) is 5.73 Å². The molecule has 0 heterocycles. The Morgan fingerprint density at radius 2 is 1.67 bits per heavy atom. The Kier molecular flexibility index (Phi) is 4.67. The molecular formula is C10H10F3N3O2. The first-order chi connectivity index (χ1) is 8.43. The van der Waals surface area contributed by atoms with E-state index in [4.69, 9.17) is 5.73 Å². The minimum Gasteiger partial charge on any atom is -0.346 e. The van der Waals surface area contributed by atoms with Crippen LogP contribution < -0.4 is 16.4 Å². The highest BCUT2D eigenvalue weighted by atomic mass is 19.2. The van der Waals surface area contributed by atoms with Crippen molar-refractivity contribution in [3.05, 3.63) is 29.6 Å². The smallest absolute Gasteiger partial charge is 0.243 e. The lowest BCUT2D eigenvalue weighted by atomic mass is 10.3. The Morgan fingerprint density at radius 3 is 2.17 bits per heavy atom. The van der Waals surface area contributed by atoms with Gasteiger partial charge in [-0.05, 0) is 0 Å². The molecule has 1 aromatic carbocycles. The Morgan fingerprint density at radius 1 is 1.11 bits per heavy atom. The number of halogens is 3. The molecule has 0 aromatic heterocycles. The second-order valence-electron chi connectivity index (χ2n) is 3.28. The Balaban J connectivity index is 2.62. The van der Waals surface area contributed by atoms with Crippen molar-refractivity contribution in [3.63, 3.8) is 0 Å². The summed E-state index contributed by atoms with van der Waals surface area (Å²) in [7, 11) is 0. The average Bonchev–Trinajstić information content (AvgIpc) is 2.32. The predicted octanol–water partition coefficient (Wildman–Crippen LogP) is 0.117. The molecule has 1 aromatic rings. The van der Waals surface area contributed by atoms with Crippen LogP contribution in [0.2, 0.25) is 0 Å². The zero-order chi connectivity index (χ0) is 13.7. The van der Waals surface area contributed by atoms with Crippen LogP contribution in [-0.4, -0.2) is 24.9 Å². The SMILES string of the molecule is NCC(=O)NCC(=O)Nc1cc(F)c(F)c(F)c1. The topological polar surface area (TPSA) is 84.2 Å². The molecule has 0 saturated carbocycles. The van der Waals surface area contributed by atoms with Crippen LogP contribution in [0, 0.1) is 17.5 Å². The number of carbonyl (C=O) groups excluding carboxylic acids is 2. The van der Waals surface area contributed by atoms with Gasteiger partial charge < -0.3 is 16.4 Å². The number of nitrogens with two attached hydrogens (primary N) is 1. The fraction of sp³-hybridized carbons (Fsp3) is 0.200. The van der Waals surface area contributed by atoms with E-state index in [9.17, 15) is 22.8 Å². The van der Waals surface area contributed by atoms with Crippen LogP contribution in [0.5, 0.6) is 0 Å². The first kappa shape index (κ1) is 14.0. The van der Waals surface area contributed by atoms with E-state index >= 15 is 0 Å². The monoisotopic (exact) mass is 261 g/mol. The van der Waals surface area contributed by atoms with Crippen LogP contribution in [0.1, 0.15) is 0 Å². The highest BCUT2D eigenvalue weighted by molar-refractivity contribution is 5.94. The Bertz CT molecular complexity index is 456. The highest BCUT2D eigenvalue weighted by Crippen LogP contribution is 2.16. The second kappa shape index (κ2) is 6.01. The van der Waals surface area contributed by atoms with E-state index in [1.165, 1.54) is 0 Å². The molecule has 0 radical (unpaired) electrons. The van der Waals surface area contributed by atoms with Gasteiger partial charge in [-0.1, -0.05) is 0 Å². The van der Waals surface area contributed by atoms with Gasteiger partial charge in [0.15, 0.2) is 17.5 Å². The van der Waals surface area contributed by atoms with Gasteiger partial charge in [0.1, 0.15) is 0 Å². The number of rotatable bonds is 4. The maximum Gasteiger partial charge on any atom is 0.243 e. The quantitative estimate of drug-likeness (QED) is 0.673. The number of hydrogen-bond donors (Lipinski definition) is 3. The Labute approximate surface area is 100 Å². The fourth-order valence-corrected chi connectivity index (χ4v) is 1.08. The summed E-state index contributed by atoms with van der Waals surface area (Å²) in [5, 5.41) is 4.24. The van der Waals surface area contributed by atoms with Gasteiger partial charge >= 0.3 is 0 Å². The third-order valence-corrected chi connectivity index (χ3v) is 1.90. The number of benzene rings is 1. The molecule has 0 spiro atoms. The van der Waals surface area contributed by atoms with Crippen LogP contribution >= 0.6 is 0 Å². The summed E-state index contributed by atoms with van der Waals surface area (Å²) < 4.78 is 38.2. The molecule has 0 aliphatic rings. The maximum atomic E-state index is 12.8. The van der Waals surface area contributed by atoms with E-state index < -0.39 is 35.8 Å². The van der Waals surface area contributed by atoms with E-state index in [-0.39, 0.29) is 12.2 Å². The van der Waals surface area contributed by atoms with Crippen molar-refractivity contribution in [3.8, 4) is 0 Å². The van der Waals surface area contributed by atoms with Crippen LogP contribution in [0.4, 0.5) is 18.9 Å². The lowest BCUT2D eigenvalue weighted by Gasteiger charge is -2.07. The summed E-state index contributed by atoms with van der Waals surface area (Å²) in [5.74, 6) is -5.74. The summed E-state index contributed by atoms with van der Waals surface area (Å²) in [4.78, 5) is 22.0. The molecule has 0 aliphatic carbocycles. The summed E-state index contributed by atoms with van der Waals surface area (Å²) in [6.07, 6.45) is 0. The van der Waals surface area contributed by atoms with Crippen molar-refractivity contribution in [1.82, 2.24) is 5.32 Å². The van der Waals surface area contributed by atoms with Gasteiger partial charge in [0.05, 0.1) is 13.1 Å². The minimum atomic E-state index is -1.62. The maximum absolute atomic E-state index is 12.8. The minimum absolute atomic E-state index is 0.251. The third-order valence-electron chi connectivity index (χ3n) is 1.90. The lowest BCUT2D eigenvalue weighted by Crippen LogP contribution is -2.36. The van der Waals surface area contributed by atoms with Gasteiger partial charge in [0, 0.05) is 17.8 Å². The average molecular weight is 261 g/mol. The molecular weight excluding hydrogens is 251 g/mol. The normalized spacial score (nSPS) is 10.0. The molecule has 1 rings (SSSR count). The number of anilines is 1. The molecule has 0 saturated heterocycles. The molecule has 4 N–H and O–H groups in total. The molecule has 18 heavy (non-hydrogen) atoms. The molecule has 98 valence electrons. The molecule has 5 nitrogen and oxygen atoms in total. The molecule has 0 unspecified atom stereocenters. The number of hydrogen-bond acceptors (Lipinski definition) is 3. The molecule has 8 heteroatoms. The van der Waals surface area contributed by atoms with Crippen molar-refractivity contribution in [2.45, 2.75) is 0 Å². The van der Waals surface area contributed by atoms with Crippen LogP contribution in [0.15, 0.2) is 12.1 Å². The fourth-order valence-electron chi connectivity index (χ4n) is 1.08. The van der Waals surface area contributed by atoms with Crippen molar-refractivity contribution < 1.29 is 22.8 Å². The molecule has 0 fully saturated rings. The summed E-state index contributed by atoms with van der Waals surface area (Å²) in [6.45, 7) is -0.691. The van der Waals surface area contributed by atoms with E-state index in [0.717, 1.165) is 0 Å². The van der Waals surface area contributed by atoms with Gasteiger partial charge in [-0.15, -0.1) is 0 Å². The van der Waals surface area contributed by atoms with Crippen molar-refractivity contribution in [1.29, 1.82) is 0 Å². The number of amides is 2. The summed E-state index contributed by atoms with van der Waals surface area (Å²) in [5.41, 5.74) is 4.73. The van der Waals surface area contributed by atoms with E-state index in [2.05, 4.69) is 10.6 Å².